The standard InChI is InChI=1S/C5H8N2S/c1-4-2-3-5(6)8-7-4/h3H,2,6H2,1H3. The summed E-state index contributed by atoms with van der Waals surface area (Å²) in [7, 11) is 0. The summed E-state index contributed by atoms with van der Waals surface area (Å²) in [5.41, 5.74) is 6.56. The largest absolute Gasteiger partial charge is 0.392 e. The topological polar surface area (TPSA) is 38.4 Å². The molecule has 0 saturated carbocycles. The van der Waals surface area contributed by atoms with Gasteiger partial charge in [-0.05, 0) is 13.0 Å². The maximum absolute atomic E-state index is 5.41. The zero-order chi connectivity index (χ0) is 5.98. The molecule has 44 valence electrons. The highest BCUT2D eigenvalue weighted by Gasteiger charge is 1.97. The molecule has 0 atom stereocenters. The van der Waals surface area contributed by atoms with Crippen LogP contribution in [0.5, 0.6) is 0 Å². The van der Waals surface area contributed by atoms with E-state index in [4.69, 9.17) is 5.73 Å². The molecule has 0 unspecified atom stereocenters. The minimum atomic E-state index is 0.815. The fourth-order valence-corrected chi connectivity index (χ4v) is 0.947. The third-order valence-electron chi connectivity index (χ3n) is 0.906. The number of nitrogens with two attached hydrogens (primary N) is 1. The van der Waals surface area contributed by atoms with Gasteiger partial charge in [0.2, 0.25) is 0 Å². The molecule has 1 aliphatic heterocycles. The third kappa shape index (κ3) is 1.26. The Morgan fingerprint density at radius 1 is 1.88 bits per heavy atom. The van der Waals surface area contributed by atoms with Crippen LogP contribution in [0.1, 0.15) is 13.3 Å². The van der Waals surface area contributed by atoms with Gasteiger partial charge in [-0.1, -0.05) is 0 Å². The Hall–Kier alpha value is -0.440. The first-order valence-electron chi connectivity index (χ1n) is 2.45. The second-order valence-electron chi connectivity index (χ2n) is 1.73. The van der Waals surface area contributed by atoms with E-state index < -0.39 is 0 Å². The number of allylic oxidation sites excluding steroid dienone is 1. The summed E-state index contributed by atoms with van der Waals surface area (Å²) >= 11 is 1.35. The summed E-state index contributed by atoms with van der Waals surface area (Å²) in [6.45, 7) is 2.00. The summed E-state index contributed by atoms with van der Waals surface area (Å²) < 4.78 is 4.05. The Kier molecular flexibility index (Phi) is 1.58. The molecule has 2 N–H and O–H groups in total. The maximum Gasteiger partial charge on any atom is 0.0849 e. The molecule has 0 fully saturated rings. The Bertz CT molecular complexity index is 131. The van der Waals surface area contributed by atoms with Gasteiger partial charge in [-0.15, -0.1) is 0 Å². The van der Waals surface area contributed by atoms with Crippen LogP contribution in [0, 0.1) is 0 Å². The lowest BCUT2D eigenvalue weighted by Crippen LogP contribution is -1.98. The molecule has 3 heteroatoms. The highest BCUT2D eigenvalue weighted by molar-refractivity contribution is 8.01. The van der Waals surface area contributed by atoms with Gasteiger partial charge >= 0.3 is 0 Å². The minimum absolute atomic E-state index is 0.815. The quantitative estimate of drug-likeness (QED) is 0.499. The van der Waals surface area contributed by atoms with Crippen molar-refractivity contribution >= 4 is 17.7 Å². The molecule has 0 aromatic carbocycles. The van der Waals surface area contributed by atoms with Gasteiger partial charge in [-0.3, -0.25) is 0 Å². The monoisotopic (exact) mass is 128 g/mol. The average molecular weight is 128 g/mol. The summed E-state index contributed by atoms with van der Waals surface area (Å²) in [6.07, 6.45) is 2.89. The lowest BCUT2D eigenvalue weighted by molar-refractivity contribution is 1.36. The molecular formula is C5H8N2S. The van der Waals surface area contributed by atoms with Crippen molar-refractivity contribution < 1.29 is 0 Å². The SMILES string of the molecule is CC1=NSC(N)=CC1. The predicted octanol–water partition coefficient (Wildman–Crippen LogP) is 1.30. The van der Waals surface area contributed by atoms with E-state index in [9.17, 15) is 0 Å². The Morgan fingerprint density at radius 2 is 2.62 bits per heavy atom. The van der Waals surface area contributed by atoms with Crippen LogP contribution in [0.25, 0.3) is 0 Å². The minimum Gasteiger partial charge on any atom is -0.392 e. The van der Waals surface area contributed by atoms with E-state index in [1.54, 1.807) is 0 Å². The van der Waals surface area contributed by atoms with E-state index in [0.717, 1.165) is 17.2 Å². The number of nitrogens with zero attached hydrogens (tertiary/aromatic N) is 1. The van der Waals surface area contributed by atoms with Gasteiger partial charge in [0.1, 0.15) is 0 Å². The first-order chi connectivity index (χ1) is 3.79. The third-order valence-corrected chi connectivity index (χ3v) is 1.69. The summed E-state index contributed by atoms with van der Waals surface area (Å²) in [5, 5.41) is 0.815. The molecular weight excluding hydrogens is 120 g/mol. The van der Waals surface area contributed by atoms with Crippen LogP contribution < -0.4 is 5.73 Å². The number of hydrogen-bond donors (Lipinski definition) is 1. The lowest BCUT2D eigenvalue weighted by atomic mass is 10.3. The van der Waals surface area contributed by atoms with Crippen LogP contribution in [0.2, 0.25) is 0 Å². The molecule has 0 aromatic rings. The Labute approximate surface area is 53.0 Å². The molecule has 0 radical (unpaired) electrons. The summed E-state index contributed by atoms with van der Waals surface area (Å²) in [6, 6.07) is 0. The highest BCUT2D eigenvalue weighted by atomic mass is 32.2. The Morgan fingerprint density at radius 3 is 3.00 bits per heavy atom. The molecule has 0 spiro atoms. The zero-order valence-corrected chi connectivity index (χ0v) is 5.53. The van der Waals surface area contributed by atoms with Crippen LogP contribution in [0.4, 0.5) is 0 Å². The second kappa shape index (κ2) is 2.22. The molecule has 0 saturated heterocycles. The second-order valence-corrected chi connectivity index (χ2v) is 2.57. The van der Waals surface area contributed by atoms with Crippen molar-refractivity contribution in [3.8, 4) is 0 Å². The fraction of sp³-hybridized carbons (Fsp3) is 0.400. The van der Waals surface area contributed by atoms with Gasteiger partial charge in [0.25, 0.3) is 0 Å². The van der Waals surface area contributed by atoms with Crippen LogP contribution >= 0.6 is 11.9 Å². The molecule has 1 rings (SSSR count). The van der Waals surface area contributed by atoms with Crippen LogP contribution in [-0.4, -0.2) is 5.71 Å². The van der Waals surface area contributed by atoms with Crippen LogP contribution in [0.3, 0.4) is 0 Å². The summed E-state index contributed by atoms with van der Waals surface area (Å²) in [4.78, 5) is 0. The van der Waals surface area contributed by atoms with Crippen molar-refractivity contribution in [2.45, 2.75) is 13.3 Å². The van der Waals surface area contributed by atoms with Gasteiger partial charge in [-0.25, -0.2) is 4.40 Å². The lowest BCUT2D eigenvalue weighted by Gasteiger charge is -2.02. The predicted molar refractivity (Wildman–Crippen MR) is 37.6 cm³/mol. The van der Waals surface area contributed by atoms with E-state index in [2.05, 4.69) is 4.40 Å². The number of rotatable bonds is 0. The van der Waals surface area contributed by atoms with Crippen molar-refractivity contribution in [1.29, 1.82) is 0 Å². The van der Waals surface area contributed by atoms with E-state index in [1.807, 2.05) is 13.0 Å². The van der Waals surface area contributed by atoms with E-state index >= 15 is 0 Å². The molecule has 2 nitrogen and oxygen atoms in total. The van der Waals surface area contributed by atoms with Gasteiger partial charge in [0.15, 0.2) is 0 Å². The molecule has 1 heterocycles. The smallest absolute Gasteiger partial charge is 0.0849 e. The first-order valence-corrected chi connectivity index (χ1v) is 3.22. The summed E-state index contributed by atoms with van der Waals surface area (Å²) in [5.74, 6) is 0. The normalized spacial score (nSPS) is 19.6. The van der Waals surface area contributed by atoms with Crippen molar-refractivity contribution in [2.75, 3.05) is 0 Å². The van der Waals surface area contributed by atoms with Crippen molar-refractivity contribution in [2.24, 2.45) is 10.1 Å². The average Bonchev–Trinajstić information content (AvgIpc) is 1.77. The van der Waals surface area contributed by atoms with Gasteiger partial charge < -0.3 is 5.73 Å². The Balaban J connectivity index is 2.54. The van der Waals surface area contributed by atoms with Gasteiger partial charge in [-0.2, -0.15) is 0 Å². The fourth-order valence-electron chi connectivity index (χ4n) is 0.453. The molecule has 0 aromatic heterocycles. The zero-order valence-electron chi connectivity index (χ0n) is 4.72. The van der Waals surface area contributed by atoms with Crippen molar-refractivity contribution in [3.05, 3.63) is 11.1 Å². The molecule has 0 bridgehead atoms. The van der Waals surface area contributed by atoms with Crippen LogP contribution in [-0.2, 0) is 0 Å². The van der Waals surface area contributed by atoms with Crippen LogP contribution in [0.15, 0.2) is 15.5 Å². The van der Waals surface area contributed by atoms with E-state index in [0.29, 0.717) is 0 Å². The van der Waals surface area contributed by atoms with Crippen molar-refractivity contribution in [3.63, 3.8) is 0 Å². The highest BCUT2D eigenvalue weighted by Crippen LogP contribution is 2.17. The van der Waals surface area contributed by atoms with Gasteiger partial charge in [0.05, 0.1) is 5.03 Å². The number of hydrogen-bond acceptors (Lipinski definition) is 3. The first kappa shape index (κ1) is 5.69. The van der Waals surface area contributed by atoms with E-state index in [-0.39, 0.29) is 0 Å². The molecule has 1 aliphatic rings. The molecule has 0 aliphatic carbocycles. The van der Waals surface area contributed by atoms with Gasteiger partial charge in [0, 0.05) is 24.1 Å². The maximum atomic E-state index is 5.41. The van der Waals surface area contributed by atoms with Crippen molar-refractivity contribution in [1.82, 2.24) is 0 Å². The molecule has 8 heavy (non-hydrogen) atoms. The van der Waals surface area contributed by atoms with E-state index in [1.165, 1.54) is 11.9 Å². The molecule has 0 amide bonds.